The van der Waals surface area contributed by atoms with Crippen LogP contribution in [0.1, 0.15) is 23.6 Å². The van der Waals surface area contributed by atoms with Crippen molar-refractivity contribution in [2.75, 3.05) is 27.3 Å². The monoisotopic (exact) mass is 506 g/mol. The Labute approximate surface area is 183 Å². The van der Waals surface area contributed by atoms with Crippen molar-refractivity contribution < 1.29 is 4.74 Å². The van der Waals surface area contributed by atoms with Crippen LogP contribution in [-0.4, -0.2) is 52.9 Å². The molecule has 0 bridgehead atoms. The van der Waals surface area contributed by atoms with E-state index in [1.807, 2.05) is 43.8 Å². The van der Waals surface area contributed by atoms with E-state index >= 15 is 0 Å². The van der Waals surface area contributed by atoms with E-state index in [1.54, 1.807) is 7.11 Å². The second kappa shape index (κ2) is 12.1. The van der Waals surface area contributed by atoms with Crippen LogP contribution in [0.3, 0.4) is 0 Å². The molecule has 0 saturated carbocycles. The minimum Gasteiger partial charge on any atom is -0.385 e. The first-order valence-electron chi connectivity index (χ1n) is 8.59. The van der Waals surface area contributed by atoms with Crippen LogP contribution in [0.5, 0.6) is 0 Å². The molecule has 1 heterocycles. The molecule has 2 rings (SSSR count). The first kappa shape index (κ1) is 23.6. The van der Waals surface area contributed by atoms with Gasteiger partial charge in [-0.1, -0.05) is 23.7 Å². The van der Waals surface area contributed by atoms with Crippen LogP contribution in [0.4, 0.5) is 0 Å². The summed E-state index contributed by atoms with van der Waals surface area (Å²) in [5.41, 5.74) is 1.13. The van der Waals surface area contributed by atoms with Gasteiger partial charge >= 0.3 is 0 Å². The van der Waals surface area contributed by atoms with Gasteiger partial charge in [-0.3, -0.25) is 0 Å². The lowest BCUT2D eigenvalue weighted by Gasteiger charge is -2.22. The first-order chi connectivity index (χ1) is 12.5. The molecule has 2 aromatic rings. The second-order valence-corrected chi connectivity index (χ2v) is 6.56. The Hall–Kier alpha value is -1.39. The number of hydrogen-bond acceptors (Lipinski definition) is 4. The van der Waals surface area contributed by atoms with E-state index in [0.29, 0.717) is 19.7 Å². The van der Waals surface area contributed by atoms with Crippen molar-refractivity contribution in [1.29, 1.82) is 0 Å². The van der Waals surface area contributed by atoms with E-state index in [0.717, 1.165) is 41.2 Å². The van der Waals surface area contributed by atoms with Gasteiger partial charge in [-0.2, -0.15) is 0 Å². The summed E-state index contributed by atoms with van der Waals surface area (Å²) in [6.45, 7) is 4.58. The number of guanidine groups is 1. The highest BCUT2D eigenvalue weighted by molar-refractivity contribution is 14.0. The zero-order valence-electron chi connectivity index (χ0n) is 16.3. The quantitative estimate of drug-likeness (QED) is 0.258. The van der Waals surface area contributed by atoms with E-state index in [-0.39, 0.29) is 24.0 Å². The Morgan fingerprint density at radius 2 is 2.15 bits per heavy atom. The number of aromatic nitrogens is 3. The zero-order chi connectivity index (χ0) is 18.9. The topological polar surface area (TPSA) is 67.6 Å². The number of halogens is 2. The molecule has 7 nitrogen and oxygen atoms in total. The molecule has 0 amide bonds. The SMILES string of the molecule is COCCCNC(=NCc1nnc(C)n1C)N(C)Cc1cccc(Cl)c1.I. The van der Waals surface area contributed by atoms with Crippen LogP contribution in [0.15, 0.2) is 29.3 Å². The maximum absolute atomic E-state index is 6.09. The highest BCUT2D eigenvalue weighted by Crippen LogP contribution is 2.12. The van der Waals surface area contributed by atoms with Crippen molar-refractivity contribution in [3.63, 3.8) is 0 Å². The third kappa shape index (κ3) is 7.63. The van der Waals surface area contributed by atoms with Gasteiger partial charge in [0, 0.05) is 45.9 Å². The molecule has 0 atom stereocenters. The molecule has 0 saturated heterocycles. The van der Waals surface area contributed by atoms with Crippen molar-refractivity contribution in [3.8, 4) is 0 Å². The summed E-state index contributed by atoms with van der Waals surface area (Å²) in [7, 11) is 5.66. The van der Waals surface area contributed by atoms with Crippen LogP contribution in [-0.2, 0) is 24.9 Å². The minimum atomic E-state index is 0. The summed E-state index contributed by atoms with van der Waals surface area (Å²) in [5.74, 6) is 2.51. The van der Waals surface area contributed by atoms with Gasteiger partial charge in [0.2, 0.25) is 0 Å². The maximum Gasteiger partial charge on any atom is 0.194 e. The van der Waals surface area contributed by atoms with Gasteiger partial charge in [-0.15, -0.1) is 34.2 Å². The molecule has 9 heteroatoms. The highest BCUT2D eigenvalue weighted by Gasteiger charge is 2.10. The van der Waals surface area contributed by atoms with E-state index < -0.39 is 0 Å². The van der Waals surface area contributed by atoms with Gasteiger partial charge < -0.3 is 19.5 Å². The second-order valence-electron chi connectivity index (χ2n) is 6.12. The van der Waals surface area contributed by atoms with Gasteiger partial charge in [-0.05, 0) is 31.0 Å². The minimum absolute atomic E-state index is 0. The van der Waals surface area contributed by atoms with Crippen LogP contribution >= 0.6 is 35.6 Å². The summed E-state index contributed by atoms with van der Waals surface area (Å²) in [5, 5.41) is 12.4. The molecule has 0 aliphatic carbocycles. The Morgan fingerprint density at radius 1 is 1.37 bits per heavy atom. The predicted octanol–water partition coefficient (Wildman–Crippen LogP) is 3.01. The van der Waals surface area contributed by atoms with Gasteiger partial charge in [0.1, 0.15) is 12.4 Å². The summed E-state index contributed by atoms with van der Waals surface area (Å²) in [6.07, 6.45) is 0.906. The lowest BCUT2D eigenvalue weighted by molar-refractivity contribution is 0.195. The molecule has 0 fully saturated rings. The number of ether oxygens (including phenoxy) is 1. The predicted molar refractivity (Wildman–Crippen MR) is 120 cm³/mol. The van der Waals surface area contributed by atoms with Crippen LogP contribution in [0, 0.1) is 6.92 Å². The van der Waals surface area contributed by atoms with Crippen molar-refractivity contribution >= 4 is 41.5 Å². The molecule has 0 radical (unpaired) electrons. The fourth-order valence-corrected chi connectivity index (χ4v) is 2.66. The third-order valence-electron chi connectivity index (χ3n) is 4.03. The number of rotatable bonds is 8. The van der Waals surface area contributed by atoms with Gasteiger partial charge in [-0.25, -0.2) is 4.99 Å². The van der Waals surface area contributed by atoms with Crippen molar-refractivity contribution in [3.05, 3.63) is 46.5 Å². The molecular weight excluding hydrogens is 479 g/mol. The van der Waals surface area contributed by atoms with Gasteiger partial charge in [0.15, 0.2) is 11.8 Å². The molecule has 0 aliphatic rings. The summed E-state index contributed by atoms with van der Waals surface area (Å²) in [4.78, 5) is 6.79. The molecule has 27 heavy (non-hydrogen) atoms. The van der Waals surface area contributed by atoms with Gasteiger partial charge in [0.05, 0.1) is 0 Å². The molecule has 1 N–H and O–H groups in total. The fourth-order valence-electron chi connectivity index (χ4n) is 2.45. The Bertz CT molecular complexity index is 736. The van der Waals surface area contributed by atoms with Crippen molar-refractivity contribution in [2.24, 2.45) is 12.0 Å². The summed E-state index contributed by atoms with van der Waals surface area (Å²) < 4.78 is 7.06. The van der Waals surface area contributed by atoms with Gasteiger partial charge in [0.25, 0.3) is 0 Å². The van der Waals surface area contributed by atoms with E-state index in [2.05, 4.69) is 26.5 Å². The number of methoxy groups -OCH3 is 1. The van der Waals surface area contributed by atoms with Crippen LogP contribution in [0.2, 0.25) is 5.02 Å². The lowest BCUT2D eigenvalue weighted by atomic mass is 10.2. The largest absolute Gasteiger partial charge is 0.385 e. The average Bonchev–Trinajstić information content (AvgIpc) is 2.93. The molecule has 1 aromatic heterocycles. The van der Waals surface area contributed by atoms with Crippen LogP contribution in [0.25, 0.3) is 0 Å². The Balaban J connectivity index is 0.00000364. The number of nitrogens with one attached hydrogen (secondary N) is 1. The molecular formula is C18H28ClIN6O. The summed E-state index contributed by atoms with van der Waals surface area (Å²) in [6, 6.07) is 7.85. The van der Waals surface area contributed by atoms with E-state index in [4.69, 9.17) is 21.3 Å². The molecule has 0 unspecified atom stereocenters. The van der Waals surface area contributed by atoms with E-state index in [9.17, 15) is 0 Å². The maximum atomic E-state index is 6.09. The third-order valence-corrected chi connectivity index (χ3v) is 4.27. The Kier molecular flexibility index (Phi) is 10.6. The molecule has 150 valence electrons. The zero-order valence-corrected chi connectivity index (χ0v) is 19.4. The number of hydrogen-bond donors (Lipinski definition) is 1. The average molecular weight is 507 g/mol. The highest BCUT2D eigenvalue weighted by atomic mass is 127. The number of benzene rings is 1. The number of aryl methyl sites for hydroxylation is 1. The standard InChI is InChI=1S/C18H27ClN6O.HI/c1-14-22-23-17(25(14)3)12-21-18(20-9-6-10-26-4)24(2)13-15-7-5-8-16(19)11-15;/h5,7-8,11H,6,9-10,12-13H2,1-4H3,(H,20,21);1H. The molecule has 0 aliphatic heterocycles. The smallest absolute Gasteiger partial charge is 0.194 e. The van der Waals surface area contributed by atoms with Crippen molar-refractivity contribution in [1.82, 2.24) is 25.0 Å². The lowest BCUT2D eigenvalue weighted by Crippen LogP contribution is -2.39. The number of aliphatic imine (C=N–C) groups is 1. The summed E-state index contributed by atoms with van der Waals surface area (Å²) >= 11 is 6.09. The molecule has 1 aromatic carbocycles. The van der Waals surface area contributed by atoms with E-state index in [1.165, 1.54) is 0 Å². The fraction of sp³-hybridized carbons (Fsp3) is 0.500. The first-order valence-corrected chi connectivity index (χ1v) is 8.96. The van der Waals surface area contributed by atoms with Crippen molar-refractivity contribution in [2.45, 2.75) is 26.4 Å². The molecule has 0 spiro atoms. The normalized spacial score (nSPS) is 11.2. The van der Waals surface area contributed by atoms with Crippen LogP contribution < -0.4 is 5.32 Å². The number of nitrogens with zero attached hydrogens (tertiary/aromatic N) is 5. The Morgan fingerprint density at radius 3 is 2.78 bits per heavy atom.